The van der Waals surface area contributed by atoms with E-state index in [9.17, 15) is 14.0 Å². The van der Waals surface area contributed by atoms with Crippen molar-refractivity contribution in [2.75, 3.05) is 6.67 Å². The number of aliphatic carboxylic acids is 1. The Bertz CT molecular complexity index is 457. The van der Waals surface area contributed by atoms with Crippen LogP contribution in [-0.4, -0.2) is 29.7 Å². The number of amides is 1. The van der Waals surface area contributed by atoms with Gasteiger partial charge in [-0.05, 0) is 18.4 Å². The monoisotopic (exact) mass is 251 g/mol. The van der Waals surface area contributed by atoms with E-state index in [1.165, 1.54) is 0 Å². The largest absolute Gasteiger partial charge is 0.480 e. The molecule has 1 aliphatic carbocycles. The molecule has 2 N–H and O–H groups in total. The number of carbonyl (C=O) groups excluding carboxylic acids is 1. The molecule has 4 nitrogen and oxygen atoms in total. The summed E-state index contributed by atoms with van der Waals surface area (Å²) >= 11 is 0. The van der Waals surface area contributed by atoms with Crippen molar-refractivity contribution >= 4 is 11.9 Å². The third-order valence-electron chi connectivity index (χ3n) is 3.27. The fraction of sp³-hybridized carbons (Fsp3) is 0.385. The molecule has 5 heteroatoms. The van der Waals surface area contributed by atoms with E-state index in [1.807, 2.05) is 30.3 Å². The maximum Gasteiger partial charge on any atom is 0.328 e. The maximum absolute atomic E-state index is 12.5. The molecule has 0 aromatic heterocycles. The molecular weight excluding hydrogens is 237 g/mol. The van der Waals surface area contributed by atoms with Crippen molar-refractivity contribution in [2.24, 2.45) is 0 Å². The molecule has 1 amide bonds. The van der Waals surface area contributed by atoms with Gasteiger partial charge in [0, 0.05) is 0 Å². The molecule has 0 spiro atoms. The minimum absolute atomic E-state index is 0.404. The third-order valence-corrected chi connectivity index (χ3v) is 3.27. The van der Waals surface area contributed by atoms with Gasteiger partial charge in [-0.25, -0.2) is 9.18 Å². The quantitative estimate of drug-likeness (QED) is 0.827. The Morgan fingerprint density at radius 2 is 1.94 bits per heavy atom. The van der Waals surface area contributed by atoms with Crippen LogP contribution >= 0.6 is 0 Å². The van der Waals surface area contributed by atoms with Crippen LogP contribution in [0.25, 0.3) is 0 Å². The summed E-state index contributed by atoms with van der Waals surface area (Å²) in [7, 11) is 0. The summed E-state index contributed by atoms with van der Waals surface area (Å²) in [5.74, 6) is -1.76. The number of carboxylic acid groups (broad SMARTS) is 1. The molecule has 18 heavy (non-hydrogen) atoms. The first-order valence-corrected chi connectivity index (χ1v) is 5.75. The zero-order valence-electron chi connectivity index (χ0n) is 9.73. The summed E-state index contributed by atoms with van der Waals surface area (Å²) in [5, 5.41) is 11.0. The predicted molar refractivity (Wildman–Crippen MR) is 62.9 cm³/mol. The topological polar surface area (TPSA) is 66.4 Å². The lowest BCUT2D eigenvalue weighted by molar-refractivity contribution is -0.142. The Labute approximate surface area is 104 Å². The van der Waals surface area contributed by atoms with Crippen molar-refractivity contribution in [3.05, 3.63) is 35.9 Å². The van der Waals surface area contributed by atoms with Gasteiger partial charge in [0.25, 0.3) is 0 Å². The Balaban J connectivity index is 2.12. The van der Waals surface area contributed by atoms with Gasteiger partial charge in [-0.2, -0.15) is 0 Å². The van der Waals surface area contributed by atoms with Crippen LogP contribution in [0.5, 0.6) is 0 Å². The van der Waals surface area contributed by atoms with Crippen molar-refractivity contribution in [1.29, 1.82) is 0 Å². The van der Waals surface area contributed by atoms with Crippen molar-refractivity contribution in [3.63, 3.8) is 0 Å². The van der Waals surface area contributed by atoms with E-state index in [0.717, 1.165) is 5.56 Å². The van der Waals surface area contributed by atoms with Crippen LogP contribution in [0.15, 0.2) is 30.3 Å². The fourth-order valence-electron chi connectivity index (χ4n) is 1.99. The highest BCUT2D eigenvalue weighted by Gasteiger charge is 2.51. The fourth-order valence-corrected chi connectivity index (χ4v) is 1.99. The van der Waals surface area contributed by atoms with E-state index in [4.69, 9.17) is 5.11 Å². The number of hydrogen-bond donors (Lipinski definition) is 2. The number of nitrogens with one attached hydrogen (secondary N) is 1. The molecule has 0 bridgehead atoms. The Morgan fingerprint density at radius 1 is 1.33 bits per heavy atom. The number of benzene rings is 1. The highest BCUT2D eigenvalue weighted by molar-refractivity contribution is 5.94. The van der Waals surface area contributed by atoms with E-state index in [0.29, 0.717) is 12.8 Å². The summed E-state index contributed by atoms with van der Waals surface area (Å²) in [6.45, 7) is -1.11. The second kappa shape index (κ2) is 4.76. The Morgan fingerprint density at radius 3 is 2.39 bits per heavy atom. The zero-order chi connectivity index (χ0) is 13.2. The van der Waals surface area contributed by atoms with Crippen LogP contribution in [-0.2, 0) is 15.0 Å². The molecule has 0 saturated heterocycles. The molecular formula is C13H14FNO3. The second-order valence-electron chi connectivity index (χ2n) is 4.47. The molecule has 2 rings (SSSR count). The standard InChI is InChI=1S/C13H14FNO3/c14-8-10(11(16)17)15-12(18)13(6-7-13)9-4-2-1-3-5-9/h1-5,10H,6-8H2,(H,15,18)(H,16,17). The maximum atomic E-state index is 12.5. The van der Waals surface area contributed by atoms with Gasteiger partial charge >= 0.3 is 5.97 Å². The van der Waals surface area contributed by atoms with Crippen LogP contribution < -0.4 is 5.32 Å². The first-order valence-electron chi connectivity index (χ1n) is 5.75. The van der Waals surface area contributed by atoms with Crippen LogP contribution in [0.1, 0.15) is 18.4 Å². The highest BCUT2D eigenvalue weighted by atomic mass is 19.1. The first-order chi connectivity index (χ1) is 8.60. The van der Waals surface area contributed by atoms with Crippen molar-refractivity contribution in [2.45, 2.75) is 24.3 Å². The third kappa shape index (κ3) is 2.20. The van der Waals surface area contributed by atoms with E-state index < -0.39 is 30.0 Å². The van der Waals surface area contributed by atoms with Crippen LogP contribution in [0.3, 0.4) is 0 Å². The molecule has 1 aliphatic rings. The SMILES string of the molecule is O=C(O)C(CF)NC(=O)C1(c2ccccc2)CC1. The molecule has 1 aromatic carbocycles. The number of carboxylic acids is 1. The van der Waals surface area contributed by atoms with E-state index in [1.54, 1.807) is 0 Å². The molecule has 96 valence electrons. The predicted octanol–water partition coefficient (Wildman–Crippen LogP) is 1.26. The average Bonchev–Trinajstić information content (AvgIpc) is 3.18. The molecule has 0 heterocycles. The second-order valence-corrected chi connectivity index (χ2v) is 4.47. The van der Waals surface area contributed by atoms with E-state index >= 15 is 0 Å². The van der Waals surface area contributed by atoms with Gasteiger partial charge in [-0.1, -0.05) is 30.3 Å². The normalized spacial score (nSPS) is 17.8. The summed E-state index contributed by atoms with van der Waals surface area (Å²) in [5.41, 5.74) is 0.190. The number of halogens is 1. The molecule has 0 aliphatic heterocycles. The lowest BCUT2D eigenvalue weighted by Gasteiger charge is -2.18. The molecule has 1 fully saturated rings. The van der Waals surface area contributed by atoms with E-state index in [2.05, 4.69) is 5.32 Å². The van der Waals surface area contributed by atoms with Gasteiger partial charge in [0.1, 0.15) is 6.67 Å². The number of rotatable bonds is 5. The molecule has 0 radical (unpaired) electrons. The number of alkyl halides is 1. The van der Waals surface area contributed by atoms with Gasteiger partial charge in [0.15, 0.2) is 6.04 Å². The van der Waals surface area contributed by atoms with Gasteiger partial charge < -0.3 is 10.4 Å². The molecule has 1 unspecified atom stereocenters. The van der Waals surface area contributed by atoms with Crippen LogP contribution in [0.4, 0.5) is 4.39 Å². The van der Waals surface area contributed by atoms with Gasteiger partial charge in [-0.3, -0.25) is 4.79 Å². The number of carbonyl (C=O) groups is 2. The Kier molecular flexibility index (Phi) is 3.32. The summed E-state index contributed by atoms with van der Waals surface area (Å²) in [6, 6.07) is 7.70. The Hall–Kier alpha value is -1.91. The van der Waals surface area contributed by atoms with Crippen LogP contribution in [0.2, 0.25) is 0 Å². The van der Waals surface area contributed by atoms with Gasteiger partial charge in [-0.15, -0.1) is 0 Å². The van der Waals surface area contributed by atoms with Gasteiger partial charge in [0.2, 0.25) is 5.91 Å². The van der Waals surface area contributed by atoms with Crippen LogP contribution in [0, 0.1) is 0 Å². The highest BCUT2D eigenvalue weighted by Crippen LogP contribution is 2.48. The van der Waals surface area contributed by atoms with Crippen molar-refractivity contribution in [1.82, 2.24) is 5.32 Å². The van der Waals surface area contributed by atoms with Crippen molar-refractivity contribution < 1.29 is 19.1 Å². The molecule has 1 saturated carbocycles. The lowest BCUT2D eigenvalue weighted by Crippen LogP contribution is -2.46. The zero-order valence-corrected chi connectivity index (χ0v) is 9.73. The summed E-state index contributed by atoms with van der Waals surface area (Å²) in [4.78, 5) is 22.8. The smallest absolute Gasteiger partial charge is 0.328 e. The summed E-state index contributed by atoms with van der Waals surface area (Å²) < 4.78 is 12.5. The minimum atomic E-state index is -1.46. The van der Waals surface area contributed by atoms with Gasteiger partial charge in [0.05, 0.1) is 5.41 Å². The lowest BCUT2D eigenvalue weighted by atomic mass is 9.95. The van der Waals surface area contributed by atoms with E-state index in [-0.39, 0.29) is 0 Å². The first kappa shape index (κ1) is 12.5. The number of hydrogen-bond acceptors (Lipinski definition) is 2. The average molecular weight is 251 g/mol. The minimum Gasteiger partial charge on any atom is -0.480 e. The molecule has 1 aromatic rings. The summed E-state index contributed by atoms with van der Waals surface area (Å²) in [6.07, 6.45) is 1.34. The molecule has 1 atom stereocenters. The van der Waals surface area contributed by atoms with Crippen molar-refractivity contribution in [3.8, 4) is 0 Å².